The molecule has 1 rings (SSSR count). The molecular formula is C13H19ClO. The summed E-state index contributed by atoms with van der Waals surface area (Å²) in [5.41, 5.74) is 2.34. The largest absolute Gasteiger partial charge is 0.491 e. The topological polar surface area (TPSA) is 9.23 Å². The summed E-state index contributed by atoms with van der Waals surface area (Å²) in [6.45, 7) is 10.4. The molecule has 0 bridgehead atoms. The summed E-state index contributed by atoms with van der Waals surface area (Å²) in [6.07, 6.45) is 0.185. The average molecular weight is 227 g/mol. The van der Waals surface area contributed by atoms with Gasteiger partial charge in [-0.25, -0.2) is 0 Å². The molecule has 1 aromatic carbocycles. The molecule has 0 radical (unpaired) electrons. The number of rotatable bonds is 3. The highest BCUT2D eigenvalue weighted by atomic mass is 35.5. The molecule has 0 N–H and O–H groups in total. The van der Waals surface area contributed by atoms with Crippen molar-refractivity contribution in [1.82, 2.24) is 0 Å². The minimum Gasteiger partial charge on any atom is -0.491 e. The maximum Gasteiger partial charge on any atom is 0.124 e. The Balaban J connectivity index is 3.08. The normalized spacial score (nSPS) is 11.2. The van der Waals surface area contributed by atoms with E-state index >= 15 is 0 Å². The molecule has 1 nitrogen and oxygen atoms in total. The molecule has 0 saturated carbocycles. The zero-order valence-corrected chi connectivity index (χ0v) is 10.9. The van der Waals surface area contributed by atoms with E-state index in [2.05, 4.69) is 26.8 Å². The van der Waals surface area contributed by atoms with Gasteiger partial charge in [-0.3, -0.25) is 0 Å². The minimum absolute atomic E-state index is 0.185. The Morgan fingerprint density at radius 2 is 1.73 bits per heavy atom. The molecule has 84 valence electrons. The lowest BCUT2D eigenvalue weighted by Gasteiger charge is -2.16. The number of benzene rings is 1. The lowest BCUT2D eigenvalue weighted by Crippen LogP contribution is -2.07. The highest BCUT2D eigenvalue weighted by molar-refractivity contribution is 6.31. The second-order valence-corrected chi connectivity index (χ2v) is 4.87. The SMILES string of the molecule is Cc1cc(C(C)C)c(Cl)cc1OC(C)C. The molecule has 0 spiro atoms. The summed E-state index contributed by atoms with van der Waals surface area (Å²) in [6, 6.07) is 4.04. The van der Waals surface area contributed by atoms with E-state index in [1.165, 1.54) is 5.56 Å². The molecule has 15 heavy (non-hydrogen) atoms. The summed E-state index contributed by atoms with van der Waals surface area (Å²) in [7, 11) is 0. The van der Waals surface area contributed by atoms with Gasteiger partial charge in [-0.1, -0.05) is 31.5 Å². The first-order valence-corrected chi connectivity index (χ1v) is 5.76. The lowest BCUT2D eigenvalue weighted by atomic mass is 10.0. The summed E-state index contributed by atoms with van der Waals surface area (Å²) in [5, 5.41) is 0.797. The molecule has 0 heterocycles. The third-order valence-electron chi connectivity index (χ3n) is 2.28. The van der Waals surface area contributed by atoms with Crippen molar-refractivity contribution in [3.8, 4) is 5.75 Å². The van der Waals surface area contributed by atoms with E-state index in [4.69, 9.17) is 16.3 Å². The molecule has 0 amide bonds. The van der Waals surface area contributed by atoms with E-state index in [0.29, 0.717) is 5.92 Å². The van der Waals surface area contributed by atoms with Gasteiger partial charge in [-0.15, -0.1) is 0 Å². The molecule has 0 fully saturated rings. The van der Waals surface area contributed by atoms with Crippen LogP contribution in [-0.2, 0) is 0 Å². The van der Waals surface area contributed by atoms with Crippen molar-refractivity contribution < 1.29 is 4.74 Å². The van der Waals surface area contributed by atoms with E-state index in [-0.39, 0.29) is 6.10 Å². The first-order valence-electron chi connectivity index (χ1n) is 5.38. The van der Waals surface area contributed by atoms with Crippen LogP contribution in [0.25, 0.3) is 0 Å². The molecule has 2 heteroatoms. The Bertz CT molecular complexity index is 343. The van der Waals surface area contributed by atoms with Crippen LogP contribution in [0.15, 0.2) is 12.1 Å². The van der Waals surface area contributed by atoms with Gasteiger partial charge in [0.15, 0.2) is 0 Å². The van der Waals surface area contributed by atoms with Crippen LogP contribution >= 0.6 is 11.6 Å². The van der Waals surface area contributed by atoms with Crippen LogP contribution in [0.3, 0.4) is 0 Å². The van der Waals surface area contributed by atoms with E-state index < -0.39 is 0 Å². The Morgan fingerprint density at radius 3 is 2.20 bits per heavy atom. The van der Waals surface area contributed by atoms with Crippen molar-refractivity contribution in [3.63, 3.8) is 0 Å². The smallest absolute Gasteiger partial charge is 0.124 e. The Kier molecular flexibility index (Phi) is 4.04. The average Bonchev–Trinajstić information content (AvgIpc) is 2.09. The fraction of sp³-hybridized carbons (Fsp3) is 0.538. The van der Waals surface area contributed by atoms with Crippen LogP contribution in [0.5, 0.6) is 5.75 Å². The summed E-state index contributed by atoms with van der Waals surface area (Å²) in [4.78, 5) is 0. The summed E-state index contributed by atoms with van der Waals surface area (Å²) in [5.74, 6) is 1.34. The fourth-order valence-corrected chi connectivity index (χ4v) is 1.88. The third kappa shape index (κ3) is 3.13. The second-order valence-electron chi connectivity index (χ2n) is 4.46. The van der Waals surface area contributed by atoms with E-state index in [9.17, 15) is 0 Å². The molecule has 0 aliphatic carbocycles. The van der Waals surface area contributed by atoms with Crippen LogP contribution in [0.4, 0.5) is 0 Å². The van der Waals surface area contributed by atoms with E-state index in [0.717, 1.165) is 16.3 Å². The standard InChI is InChI=1S/C13H19ClO/c1-8(2)11-6-10(5)13(7-12(11)14)15-9(3)4/h6-9H,1-5H3. The van der Waals surface area contributed by atoms with Gasteiger partial charge in [0.25, 0.3) is 0 Å². The maximum atomic E-state index is 6.20. The van der Waals surface area contributed by atoms with Gasteiger partial charge in [0.05, 0.1) is 6.10 Å². The van der Waals surface area contributed by atoms with Crippen molar-refractivity contribution in [2.24, 2.45) is 0 Å². The third-order valence-corrected chi connectivity index (χ3v) is 2.61. The van der Waals surface area contributed by atoms with Crippen LogP contribution < -0.4 is 4.74 Å². The molecule has 0 atom stereocenters. The lowest BCUT2D eigenvalue weighted by molar-refractivity contribution is 0.240. The van der Waals surface area contributed by atoms with Crippen molar-refractivity contribution in [2.45, 2.75) is 46.6 Å². The summed E-state index contributed by atoms with van der Waals surface area (Å²) < 4.78 is 5.68. The fourth-order valence-electron chi connectivity index (χ4n) is 1.51. The Labute approximate surface area is 97.4 Å². The van der Waals surface area contributed by atoms with Crippen LogP contribution in [0.2, 0.25) is 5.02 Å². The van der Waals surface area contributed by atoms with Gasteiger partial charge in [0.1, 0.15) is 5.75 Å². The van der Waals surface area contributed by atoms with Gasteiger partial charge >= 0.3 is 0 Å². The predicted molar refractivity (Wildman–Crippen MR) is 66.0 cm³/mol. The van der Waals surface area contributed by atoms with Crippen molar-refractivity contribution in [1.29, 1.82) is 0 Å². The molecule has 0 aromatic heterocycles. The predicted octanol–water partition coefficient (Wildman–Crippen LogP) is 4.56. The van der Waals surface area contributed by atoms with Crippen molar-refractivity contribution in [2.75, 3.05) is 0 Å². The number of ether oxygens (including phenoxy) is 1. The highest BCUT2D eigenvalue weighted by Gasteiger charge is 2.10. The molecule has 0 unspecified atom stereocenters. The van der Waals surface area contributed by atoms with E-state index in [1.807, 2.05) is 19.9 Å². The number of hydrogen-bond acceptors (Lipinski definition) is 1. The molecule has 1 aromatic rings. The van der Waals surface area contributed by atoms with Gasteiger partial charge in [-0.05, 0) is 43.9 Å². The number of halogens is 1. The second kappa shape index (κ2) is 4.89. The highest BCUT2D eigenvalue weighted by Crippen LogP contribution is 2.31. The molecule has 0 aliphatic heterocycles. The van der Waals surface area contributed by atoms with Crippen LogP contribution in [0.1, 0.15) is 44.7 Å². The quantitative estimate of drug-likeness (QED) is 0.734. The van der Waals surface area contributed by atoms with Crippen molar-refractivity contribution >= 4 is 11.6 Å². The number of aryl methyl sites for hydroxylation is 1. The zero-order valence-electron chi connectivity index (χ0n) is 10.1. The maximum absolute atomic E-state index is 6.20. The van der Waals surface area contributed by atoms with Gasteiger partial charge in [-0.2, -0.15) is 0 Å². The zero-order chi connectivity index (χ0) is 11.6. The molecule has 0 aliphatic rings. The van der Waals surface area contributed by atoms with Crippen LogP contribution in [0, 0.1) is 6.92 Å². The summed E-state index contributed by atoms with van der Waals surface area (Å²) >= 11 is 6.20. The first kappa shape index (κ1) is 12.4. The van der Waals surface area contributed by atoms with E-state index in [1.54, 1.807) is 0 Å². The van der Waals surface area contributed by atoms with Gasteiger partial charge in [0, 0.05) is 5.02 Å². The molecule has 0 saturated heterocycles. The number of hydrogen-bond donors (Lipinski definition) is 0. The minimum atomic E-state index is 0.185. The monoisotopic (exact) mass is 226 g/mol. The van der Waals surface area contributed by atoms with Crippen molar-refractivity contribution in [3.05, 3.63) is 28.3 Å². The first-order chi connectivity index (χ1) is 6.91. The Hall–Kier alpha value is -0.690. The van der Waals surface area contributed by atoms with Gasteiger partial charge < -0.3 is 4.74 Å². The van der Waals surface area contributed by atoms with Gasteiger partial charge in [0.2, 0.25) is 0 Å². The Morgan fingerprint density at radius 1 is 1.13 bits per heavy atom. The molecular weight excluding hydrogens is 208 g/mol. The van der Waals surface area contributed by atoms with Crippen LogP contribution in [-0.4, -0.2) is 6.10 Å².